The molecular formula is C28H26FN7O. The summed E-state index contributed by atoms with van der Waals surface area (Å²) in [5.41, 5.74) is 12.0. The zero-order chi connectivity index (χ0) is 25.5. The minimum absolute atomic E-state index is 0.0496. The zero-order valence-corrected chi connectivity index (χ0v) is 20.4. The Kier molecular flexibility index (Phi) is 5.91. The molecule has 3 aromatic heterocycles. The number of piperidine rings is 1. The molecule has 8 nitrogen and oxygen atoms in total. The molecule has 0 spiro atoms. The van der Waals surface area contributed by atoms with Gasteiger partial charge in [0.2, 0.25) is 0 Å². The molecular weight excluding hydrogens is 469 g/mol. The summed E-state index contributed by atoms with van der Waals surface area (Å²) in [7, 11) is 0. The second kappa shape index (κ2) is 9.39. The van der Waals surface area contributed by atoms with Crippen molar-refractivity contribution < 1.29 is 9.13 Å². The quantitative estimate of drug-likeness (QED) is 0.441. The molecule has 2 fully saturated rings. The predicted octanol–water partition coefficient (Wildman–Crippen LogP) is 3.83. The van der Waals surface area contributed by atoms with Crippen LogP contribution in [-0.2, 0) is 4.74 Å². The highest BCUT2D eigenvalue weighted by Crippen LogP contribution is 2.40. The largest absolute Gasteiger partial charge is 0.396 e. The number of hydrogen-bond acceptors (Lipinski definition) is 8. The van der Waals surface area contributed by atoms with Gasteiger partial charge in [-0.1, -0.05) is 6.07 Å². The number of ether oxygens (including phenoxy) is 1. The Morgan fingerprint density at radius 3 is 2.86 bits per heavy atom. The summed E-state index contributed by atoms with van der Waals surface area (Å²) in [4.78, 5) is 16.0. The summed E-state index contributed by atoms with van der Waals surface area (Å²) < 4.78 is 20.6. The van der Waals surface area contributed by atoms with Crippen molar-refractivity contribution in [2.24, 2.45) is 0 Å². The number of fused-ring (bicyclic) bond motifs is 2. The maximum atomic E-state index is 14.5. The van der Waals surface area contributed by atoms with E-state index in [1.54, 1.807) is 24.7 Å². The van der Waals surface area contributed by atoms with Crippen molar-refractivity contribution in [3.63, 3.8) is 0 Å². The topological polar surface area (TPSA) is 113 Å². The molecule has 2 aliphatic rings. The number of halogens is 1. The second-order valence-electron chi connectivity index (χ2n) is 9.57. The van der Waals surface area contributed by atoms with Gasteiger partial charge in [0.25, 0.3) is 0 Å². The van der Waals surface area contributed by atoms with E-state index in [1.807, 2.05) is 19.1 Å². The predicted molar refractivity (Wildman–Crippen MR) is 140 cm³/mol. The van der Waals surface area contributed by atoms with E-state index in [0.29, 0.717) is 47.3 Å². The summed E-state index contributed by atoms with van der Waals surface area (Å²) in [6.45, 7) is 4.90. The average Bonchev–Trinajstić information content (AvgIpc) is 2.91. The van der Waals surface area contributed by atoms with Crippen LogP contribution in [0.5, 0.6) is 0 Å². The van der Waals surface area contributed by atoms with Crippen LogP contribution >= 0.6 is 0 Å². The van der Waals surface area contributed by atoms with Gasteiger partial charge in [-0.3, -0.25) is 4.98 Å². The van der Waals surface area contributed by atoms with Crippen molar-refractivity contribution in [2.45, 2.75) is 25.5 Å². The van der Waals surface area contributed by atoms with Gasteiger partial charge in [0.05, 0.1) is 35.3 Å². The first-order chi connectivity index (χ1) is 18.0. The van der Waals surface area contributed by atoms with Gasteiger partial charge < -0.3 is 20.7 Å². The van der Waals surface area contributed by atoms with Gasteiger partial charge in [-0.05, 0) is 48.7 Å². The van der Waals surface area contributed by atoms with E-state index in [0.717, 1.165) is 47.3 Å². The number of rotatable bonds is 3. The van der Waals surface area contributed by atoms with Crippen LogP contribution in [0.15, 0.2) is 48.9 Å². The van der Waals surface area contributed by atoms with Gasteiger partial charge in [-0.15, -0.1) is 0 Å². The first kappa shape index (κ1) is 23.3. The van der Waals surface area contributed by atoms with Gasteiger partial charge in [-0.25, -0.2) is 14.4 Å². The van der Waals surface area contributed by atoms with Crippen LogP contribution < -0.4 is 16.0 Å². The molecule has 2 aliphatic heterocycles. The van der Waals surface area contributed by atoms with Crippen molar-refractivity contribution >= 4 is 22.4 Å². The lowest BCUT2D eigenvalue weighted by Crippen LogP contribution is -2.57. The highest BCUT2D eigenvalue weighted by Gasteiger charge is 2.34. The normalized spacial score (nSPS) is 19.4. The summed E-state index contributed by atoms with van der Waals surface area (Å²) in [6, 6.07) is 11.0. The minimum Gasteiger partial charge on any atom is -0.396 e. The number of nitriles is 1. The zero-order valence-electron chi connectivity index (χ0n) is 20.4. The molecule has 6 rings (SSSR count). The SMILES string of the molecule is Cc1cc(F)cc(-c2cnc3ncc(-c4nccc(C#N)c4N)cc3c2N2CCC3NCCOC3C2)c1. The molecule has 186 valence electrons. The van der Waals surface area contributed by atoms with Crippen LogP contribution in [0.1, 0.15) is 17.5 Å². The number of benzene rings is 1. The molecule has 0 amide bonds. The molecule has 0 bridgehead atoms. The molecule has 0 saturated carbocycles. The summed E-state index contributed by atoms with van der Waals surface area (Å²) in [5.74, 6) is -0.295. The number of anilines is 2. The van der Waals surface area contributed by atoms with Crippen molar-refractivity contribution in [1.29, 1.82) is 5.26 Å². The standard InChI is InChI=1S/C28H26FN7O/c1-16-8-18(10-20(29)9-16)22-14-35-28-21(27(22)36-6-3-23-24(15-36)37-7-5-32-23)11-19(13-34-28)26-25(31)17(12-30)2-4-33-26/h2,4,8-11,13-14,23-24,32H,3,5-7,15,31H2,1H3. The number of morpholine rings is 1. The Balaban J connectivity index is 1.56. The Bertz CT molecular complexity index is 1530. The van der Waals surface area contributed by atoms with E-state index in [9.17, 15) is 9.65 Å². The second-order valence-corrected chi connectivity index (χ2v) is 9.57. The molecule has 3 N–H and O–H groups in total. The number of nitrogens with one attached hydrogen (secondary N) is 1. The molecule has 5 heterocycles. The van der Waals surface area contributed by atoms with Crippen LogP contribution in [0.3, 0.4) is 0 Å². The smallest absolute Gasteiger partial charge is 0.161 e. The maximum absolute atomic E-state index is 14.5. The Labute approximate surface area is 213 Å². The molecule has 2 atom stereocenters. The highest BCUT2D eigenvalue weighted by atomic mass is 19.1. The van der Waals surface area contributed by atoms with Crippen LogP contribution in [-0.4, -0.2) is 53.3 Å². The Morgan fingerprint density at radius 1 is 1.16 bits per heavy atom. The molecule has 9 heteroatoms. The fraction of sp³-hybridized carbons (Fsp3) is 0.286. The number of nitrogens with zero attached hydrogens (tertiary/aromatic N) is 5. The van der Waals surface area contributed by atoms with E-state index < -0.39 is 0 Å². The van der Waals surface area contributed by atoms with Crippen LogP contribution in [0, 0.1) is 24.1 Å². The van der Waals surface area contributed by atoms with Gasteiger partial charge in [0, 0.05) is 60.8 Å². The summed E-state index contributed by atoms with van der Waals surface area (Å²) in [6.07, 6.45) is 5.98. The van der Waals surface area contributed by atoms with Crippen molar-refractivity contribution in [3.8, 4) is 28.5 Å². The van der Waals surface area contributed by atoms with Crippen LogP contribution in [0.25, 0.3) is 33.4 Å². The van der Waals surface area contributed by atoms with Crippen LogP contribution in [0.4, 0.5) is 15.8 Å². The Morgan fingerprint density at radius 2 is 2.03 bits per heavy atom. The first-order valence-electron chi connectivity index (χ1n) is 12.3. The maximum Gasteiger partial charge on any atom is 0.161 e. The third-order valence-corrected chi connectivity index (χ3v) is 7.15. The number of hydrogen-bond donors (Lipinski definition) is 2. The van der Waals surface area contributed by atoms with Gasteiger partial charge in [-0.2, -0.15) is 5.26 Å². The van der Waals surface area contributed by atoms with Crippen LogP contribution in [0.2, 0.25) is 0 Å². The number of nitrogen functional groups attached to an aromatic ring is 1. The fourth-order valence-electron chi connectivity index (χ4n) is 5.42. The van der Waals surface area contributed by atoms with E-state index in [2.05, 4.69) is 31.2 Å². The number of aromatic nitrogens is 3. The van der Waals surface area contributed by atoms with E-state index >= 15 is 0 Å². The van der Waals surface area contributed by atoms with E-state index in [-0.39, 0.29) is 11.9 Å². The lowest BCUT2D eigenvalue weighted by molar-refractivity contribution is -0.00896. The highest BCUT2D eigenvalue weighted by molar-refractivity contribution is 6.00. The van der Waals surface area contributed by atoms with Gasteiger partial charge in [0.15, 0.2) is 5.65 Å². The van der Waals surface area contributed by atoms with E-state index in [1.165, 1.54) is 12.1 Å². The molecule has 0 radical (unpaired) electrons. The van der Waals surface area contributed by atoms with E-state index in [4.69, 9.17) is 10.5 Å². The lowest BCUT2D eigenvalue weighted by Gasteiger charge is -2.43. The molecule has 0 aliphatic carbocycles. The van der Waals surface area contributed by atoms with Crippen molar-refractivity contribution in [2.75, 3.05) is 36.9 Å². The third-order valence-electron chi connectivity index (χ3n) is 7.15. The fourth-order valence-corrected chi connectivity index (χ4v) is 5.42. The molecule has 37 heavy (non-hydrogen) atoms. The summed E-state index contributed by atoms with van der Waals surface area (Å²) >= 11 is 0. The van der Waals surface area contributed by atoms with Gasteiger partial charge >= 0.3 is 0 Å². The average molecular weight is 496 g/mol. The molecule has 2 saturated heterocycles. The number of pyridine rings is 3. The van der Waals surface area contributed by atoms with Crippen molar-refractivity contribution in [3.05, 3.63) is 65.9 Å². The molecule has 2 unspecified atom stereocenters. The lowest BCUT2D eigenvalue weighted by atomic mass is 9.95. The molecule has 1 aromatic carbocycles. The minimum atomic E-state index is -0.295. The monoisotopic (exact) mass is 495 g/mol. The molecule has 4 aromatic rings. The first-order valence-corrected chi connectivity index (χ1v) is 12.3. The van der Waals surface area contributed by atoms with Gasteiger partial charge in [0.1, 0.15) is 11.9 Å². The third kappa shape index (κ3) is 4.24. The Hall–Kier alpha value is -4.13. The number of nitrogens with two attached hydrogens (primary N) is 1. The summed E-state index contributed by atoms with van der Waals surface area (Å²) in [5, 5.41) is 13.8. The number of aryl methyl sites for hydroxylation is 1. The van der Waals surface area contributed by atoms with Crippen molar-refractivity contribution in [1.82, 2.24) is 20.3 Å².